The van der Waals surface area contributed by atoms with Crippen LogP contribution in [-0.4, -0.2) is 45.9 Å². The Bertz CT molecular complexity index is 1340. The monoisotopic (exact) mass is 492 g/mol. The van der Waals surface area contributed by atoms with Crippen LogP contribution in [0.3, 0.4) is 0 Å². The van der Waals surface area contributed by atoms with Crippen molar-refractivity contribution in [1.29, 1.82) is 0 Å². The summed E-state index contributed by atoms with van der Waals surface area (Å²) in [7, 11) is 0. The maximum absolute atomic E-state index is 13.1. The summed E-state index contributed by atoms with van der Waals surface area (Å²) in [5.41, 5.74) is 3.49. The van der Waals surface area contributed by atoms with E-state index in [-0.39, 0.29) is 0 Å². The predicted octanol–water partition coefficient (Wildman–Crippen LogP) is 6.05. The van der Waals surface area contributed by atoms with E-state index in [1.54, 1.807) is 6.07 Å². The Kier molecular flexibility index (Phi) is 6.69. The number of rotatable bonds is 7. The summed E-state index contributed by atoms with van der Waals surface area (Å²) in [6, 6.07) is 21.2. The van der Waals surface area contributed by atoms with E-state index >= 15 is 0 Å². The van der Waals surface area contributed by atoms with Crippen LogP contribution in [0.1, 0.15) is 16.7 Å². The molecule has 0 spiro atoms. The number of aromatic amines is 1. The van der Waals surface area contributed by atoms with E-state index in [0.29, 0.717) is 23.9 Å². The molecule has 1 aromatic heterocycles. The highest BCUT2D eigenvalue weighted by atomic mass is 19.4. The van der Waals surface area contributed by atoms with Crippen molar-refractivity contribution < 1.29 is 17.9 Å². The lowest BCUT2D eigenvalue weighted by Gasteiger charge is -2.36. The van der Waals surface area contributed by atoms with E-state index in [9.17, 15) is 13.2 Å². The van der Waals surface area contributed by atoms with Gasteiger partial charge in [0.2, 0.25) is 0 Å². The number of ether oxygens (including phenoxy) is 1. The van der Waals surface area contributed by atoms with Crippen LogP contribution in [0.25, 0.3) is 22.4 Å². The summed E-state index contributed by atoms with van der Waals surface area (Å²) < 4.78 is 45.1. The molecule has 2 heterocycles. The molecule has 5 rings (SSSR count). The van der Waals surface area contributed by atoms with Gasteiger partial charge in [0.25, 0.3) is 0 Å². The fraction of sp³-hybridized carbons (Fsp3) is 0.250. The smallest absolute Gasteiger partial charge is 0.416 e. The molecular weight excluding hydrogens is 465 g/mol. The maximum atomic E-state index is 13.1. The third kappa shape index (κ3) is 5.54. The Morgan fingerprint density at radius 2 is 1.69 bits per heavy atom. The predicted molar refractivity (Wildman–Crippen MR) is 134 cm³/mol. The minimum absolute atomic E-state index is 0.411. The molecule has 1 fully saturated rings. The molecule has 4 aromatic rings. The first-order valence-electron chi connectivity index (χ1n) is 11.8. The van der Waals surface area contributed by atoms with Crippen molar-refractivity contribution in [2.75, 3.05) is 26.2 Å². The molecule has 0 amide bonds. The van der Waals surface area contributed by atoms with E-state index < -0.39 is 11.7 Å². The number of hydrogen-bond donors (Lipinski definition) is 1. The molecule has 1 N–H and O–H groups in total. The van der Waals surface area contributed by atoms with Gasteiger partial charge in [-0.2, -0.15) is 13.2 Å². The third-order valence-electron chi connectivity index (χ3n) is 6.39. The average molecular weight is 493 g/mol. The van der Waals surface area contributed by atoms with E-state index in [4.69, 9.17) is 4.74 Å². The molecule has 1 aliphatic heterocycles. The van der Waals surface area contributed by atoms with Gasteiger partial charge in [0.15, 0.2) is 5.88 Å². The van der Waals surface area contributed by atoms with Gasteiger partial charge in [-0.1, -0.05) is 48.5 Å². The number of piperazine rings is 1. The molecule has 0 radical (unpaired) electrons. The Morgan fingerprint density at radius 3 is 2.44 bits per heavy atom. The zero-order valence-electron chi connectivity index (χ0n) is 19.8. The van der Waals surface area contributed by atoms with E-state index in [0.717, 1.165) is 67.0 Å². The van der Waals surface area contributed by atoms with Crippen molar-refractivity contribution in [3.05, 3.63) is 102 Å². The molecule has 0 saturated carbocycles. The minimum Gasteiger partial charge on any atom is -0.475 e. The number of halogens is 3. The van der Waals surface area contributed by atoms with Crippen molar-refractivity contribution in [1.82, 2.24) is 19.8 Å². The Labute approximate surface area is 207 Å². The van der Waals surface area contributed by atoms with Crippen LogP contribution >= 0.6 is 0 Å². The minimum atomic E-state index is -4.39. The summed E-state index contributed by atoms with van der Waals surface area (Å²) in [6.07, 6.45) is -4.39. The lowest BCUT2D eigenvalue weighted by atomic mass is 10.1. The van der Waals surface area contributed by atoms with Crippen LogP contribution in [0, 0.1) is 0 Å². The number of aromatic nitrogens is 2. The molecule has 0 aliphatic carbocycles. The topological polar surface area (TPSA) is 44.4 Å². The highest BCUT2D eigenvalue weighted by Crippen LogP contribution is 2.32. The van der Waals surface area contributed by atoms with Gasteiger partial charge in [0, 0.05) is 38.3 Å². The molecule has 3 aromatic carbocycles. The Balaban J connectivity index is 1.18. The molecule has 8 heteroatoms. The second-order valence-electron chi connectivity index (χ2n) is 8.95. The van der Waals surface area contributed by atoms with Gasteiger partial charge in [-0.3, -0.25) is 4.90 Å². The number of alkyl halides is 3. The molecular formula is C28H27F3N4O. The summed E-state index contributed by atoms with van der Waals surface area (Å²) in [5, 5.41) is 0. The van der Waals surface area contributed by atoms with Crippen LogP contribution in [0.4, 0.5) is 13.2 Å². The number of nitrogens with one attached hydrogen (secondary N) is 1. The molecule has 186 valence electrons. The first-order valence-corrected chi connectivity index (χ1v) is 11.8. The highest BCUT2D eigenvalue weighted by Gasteiger charge is 2.30. The van der Waals surface area contributed by atoms with E-state index in [2.05, 4.69) is 26.3 Å². The second-order valence-corrected chi connectivity index (χ2v) is 8.95. The van der Waals surface area contributed by atoms with Crippen LogP contribution < -0.4 is 0 Å². The fourth-order valence-electron chi connectivity index (χ4n) is 4.38. The van der Waals surface area contributed by atoms with Gasteiger partial charge in [0.1, 0.15) is 12.4 Å². The summed E-state index contributed by atoms with van der Waals surface area (Å²) >= 11 is 0. The van der Waals surface area contributed by atoms with Crippen LogP contribution in [0.15, 0.2) is 85.3 Å². The lowest BCUT2D eigenvalue weighted by Crippen LogP contribution is -2.45. The fourth-order valence-corrected chi connectivity index (χ4v) is 4.38. The maximum Gasteiger partial charge on any atom is 0.416 e. The molecule has 0 bridgehead atoms. The number of fused-ring (bicyclic) bond motifs is 1. The Hall–Kier alpha value is -3.78. The molecule has 36 heavy (non-hydrogen) atoms. The van der Waals surface area contributed by atoms with Gasteiger partial charge in [-0.15, -0.1) is 0 Å². The van der Waals surface area contributed by atoms with E-state index in [1.807, 2.05) is 48.5 Å². The van der Waals surface area contributed by atoms with Gasteiger partial charge >= 0.3 is 6.18 Å². The largest absolute Gasteiger partial charge is 0.475 e. The van der Waals surface area contributed by atoms with Crippen molar-refractivity contribution in [2.24, 2.45) is 0 Å². The lowest BCUT2D eigenvalue weighted by molar-refractivity contribution is -0.137. The van der Waals surface area contributed by atoms with Crippen molar-refractivity contribution in [3.8, 4) is 11.4 Å². The summed E-state index contributed by atoms with van der Waals surface area (Å²) in [4.78, 5) is 12.2. The molecule has 1 aliphatic rings. The standard InChI is InChI=1S/C28H27F3N4O/c1-20(36-19-21-6-3-2-4-7-21)35-14-12-34(13-15-35)18-22-10-11-25-26(16-22)33-27(32-25)23-8-5-9-24(17-23)28(29,30)31/h2-11,16-17H,1,12-15,18-19H2,(H,32,33). The second kappa shape index (κ2) is 10.1. The number of H-pyrrole nitrogens is 1. The van der Waals surface area contributed by atoms with Crippen molar-refractivity contribution in [3.63, 3.8) is 0 Å². The van der Waals surface area contributed by atoms with Crippen LogP contribution in [0.5, 0.6) is 0 Å². The zero-order chi connectivity index (χ0) is 25.1. The number of imidazole rings is 1. The van der Waals surface area contributed by atoms with Gasteiger partial charge in [-0.25, -0.2) is 4.98 Å². The number of hydrogen-bond acceptors (Lipinski definition) is 4. The SMILES string of the molecule is C=C(OCc1ccccc1)N1CCN(Cc2ccc3nc(-c4cccc(C(F)(F)F)c4)[nH]c3c2)CC1. The molecule has 0 unspecified atom stereocenters. The first kappa shape index (κ1) is 23.9. The third-order valence-corrected chi connectivity index (χ3v) is 6.39. The van der Waals surface area contributed by atoms with Crippen molar-refractivity contribution in [2.45, 2.75) is 19.3 Å². The summed E-state index contributed by atoms with van der Waals surface area (Å²) in [6.45, 7) is 8.80. The molecule has 0 atom stereocenters. The highest BCUT2D eigenvalue weighted by molar-refractivity contribution is 5.80. The van der Waals surface area contributed by atoms with E-state index in [1.165, 1.54) is 6.07 Å². The Morgan fingerprint density at radius 1 is 0.917 bits per heavy atom. The average Bonchev–Trinajstić information content (AvgIpc) is 3.31. The molecule has 5 nitrogen and oxygen atoms in total. The quantitative estimate of drug-likeness (QED) is 0.319. The molecule has 1 saturated heterocycles. The summed E-state index contributed by atoms with van der Waals surface area (Å²) in [5.74, 6) is 1.12. The van der Waals surface area contributed by atoms with Crippen LogP contribution in [-0.2, 0) is 24.1 Å². The van der Waals surface area contributed by atoms with Gasteiger partial charge < -0.3 is 14.6 Å². The number of benzene rings is 3. The van der Waals surface area contributed by atoms with Crippen LogP contribution in [0.2, 0.25) is 0 Å². The number of nitrogens with zero attached hydrogens (tertiary/aromatic N) is 3. The van der Waals surface area contributed by atoms with Gasteiger partial charge in [0.05, 0.1) is 16.6 Å². The first-order chi connectivity index (χ1) is 17.3. The normalized spacial score (nSPS) is 14.8. The zero-order valence-corrected chi connectivity index (χ0v) is 19.8. The van der Waals surface area contributed by atoms with Gasteiger partial charge in [-0.05, 0) is 42.0 Å². The van der Waals surface area contributed by atoms with Crippen molar-refractivity contribution >= 4 is 11.0 Å².